The molecular formula is C17H22N6O2. The van der Waals surface area contributed by atoms with Gasteiger partial charge in [0, 0.05) is 11.5 Å². The van der Waals surface area contributed by atoms with E-state index >= 15 is 0 Å². The number of nitrogens with zero attached hydrogens (tertiary/aromatic N) is 4. The molecule has 3 fully saturated rings. The molecule has 0 aromatic carbocycles. The van der Waals surface area contributed by atoms with Crippen molar-refractivity contribution in [1.29, 1.82) is 0 Å². The lowest BCUT2D eigenvalue weighted by Gasteiger charge is -2.36. The van der Waals surface area contributed by atoms with E-state index in [2.05, 4.69) is 30.2 Å². The molecule has 3 aliphatic rings. The number of anilines is 1. The van der Waals surface area contributed by atoms with E-state index in [1.54, 1.807) is 6.33 Å². The molecule has 2 N–H and O–H groups in total. The molecule has 0 amide bonds. The zero-order valence-corrected chi connectivity index (χ0v) is 14.1. The fraction of sp³-hybridized carbons (Fsp3) is 0.647. The van der Waals surface area contributed by atoms with E-state index in [0.717, 1.165) is 42.9 Å². The van der Waals surface area contributed by atoms with E-state index in [1.165, 1.54) is 12.8 Å². The zero-order chi connectivity index (χ0) is 16.9. The van der Waals surface area contributed by atoms with Gasteiger partial charge in [0.2, 0.25) is 0 Å². The van der Waals surface area contributed by atoms with Gasteiger partial charge in [0.15, 0.2) is 11.5 Å². The van der Waals surface area contributed by atoms with Crippen LogP contribution in [0.2, 0.25) is 0 Å². The highest BCUT2D eigenvalue weighted by molar-refractivity contribution is 5.83. The summed E-state index contributed by atoms with van der Waals surface area (Å²) in [6.07, 6.45) is 8.16. The van der Waals surface area contributed by atoms with Crippen molar-refractivity contribution in [2.75, 3.05) is 25.0 Å². The molecule has 1 unspecified atom stereocenters. The number of rotatable bonds is 4. The molecule has 2 aromatic heterocycles. The monoisotopic (exact) mass is 342 g/mol. The Hall–Kier alpha value is -2.22. The molecule has 25 heavy (non-hydrogen) atoms. The summed E-state index contributed by atoms with van der Waals surface area (Å²) in [6, 6.07) is 0.529. The minimum atomic E-state index is -0.113. The smallest absolute Gasteiger partial charge is 0.306 e. The number of ether oxygens (including phenoxy) is 1. The molecule has 5 rings (SSSR count). The predicted molar refractivity (Wildman–Crippen MR) is 91.1 cm³/mol. The summed E-state index contributed by atoms with van der Waals surface area (Å²) in [5.41, 5.74) is 1.62. The number of cyclic esters (lactones) is 1. The van der Waals surface area contributed by atoms with Crippen molar-refractivity contribution in [2.24, 2.45) is 5.41 Å². The summed E-state index contributed by atoms with van der Waals surface area (Å²) >= 11 is 0. The van der Waals surface area contributed by atoms with Gasteiger partial charge in [-0.3, -0.25) is 4.79 Å². The largest absolute Gasteiger partial charge is 0.460 e. The molecule has 4 heterocycles. The van der Waals surface area contributed by atoms with E-state index in [-0.39, 0.29) is 17.5 Å². The summed E-state index contributed by atoms with van der Waals surface area (Å²) in [5, 5.41) is 6.74. The van der Waals surface area contributed by atoms with Gasteiger partial charge < -0.3 is 19.9 Å². The van der Waals surface area contributed by atoms with Crippen LogP contribution in [0.3, 0.4) is 0 Å². The molecule has 0 radical (unpaired) electrons. The van der Waals surface area contributed by atoms with Gasteiger partial charge in [-0.15, -0.1) is 0 Å². The number of esters is 1. The van der Waals surface area contributed by atoms with Gasteiger partial charge in [-0.2, -0.15) is 0 Å². The van der Waals surface area contributed by atoms with Crippen LogP contribution in [0.25, 0.3) is 11.2 Å². The van der Waals surface area contributed by atoms with Crippen molar-refractivity contribution in [3.8, 4) is 0 Å². The number of nitrogens with one attached hydrogen (secondary N) is 2. The van der Waals surface area contributed by atoms with Crippen molar-refractivity contribution in [3.05, 3.63) is 12.7 Å². The fourth-order valence-corrected chi connectivity index (χ4v) is 4.20. The predicted octanol–water partition coefficient (Wildman–Crippen LogP) is 1.26. The second kappa shape index (κ2) is 5.66. The summed E-state index contributed by atoms with van der Waals surface area (Å²) in [5.74, 6) is 0.635. The zero-order valence-electron chi connectivity index (χ0n) is 14.1. The van der Waals surface area contributed by atoms with E-state index in [4.69, 9.17) is 4.74 Å². The summed E-state index contributed by atoms with van der Waals surface area (Å²) in [4.78, 5) is 25.2. The SMILES string of the molecule is O=C1CC2(CCNCC2)C(CNc2ncnc3c2ncn3C2CC2)O1. The lowest BCUT2D eigenvalue weighted by molar-refractivity contribution is -0.141. The second-order valence-electron chi connectivity index (χ2n) is 7.43. The number of carbonyl (C=O) groups excluding carboxylic acids is 1. The van der Waals surface area contributed by atoms with Crippen LogP contribution in [-0.2, 0) is 9.53 Å². The Balaban J connectivity index is 1.37. The molecule has 2 aliphatic heterocycles. The highest BCUT2D eigenvalue weighted by atomic mass is 16.6. The molecule has 1 spiro atoms. The summed E-state index contributed by atoms with van der Waals surface area (Å²) < 4.78 is 7.77. The highest BCUT2D eigenvalue weighted by Gasteiger charge is 2.49. The van der Waals surface area contributed by atoms with Gasteiger partial charge in [-0.05, 0) is 38.8 Å². The number of hydrogen-bond acceptors (Lipinski definition) is 7. The summed E-state index contributed by atoms with van der Waals surface area (Å²) in [7, 11) is 0. The molecule has 1 saturated carbocycles. The number of carbonyl (C=O) groups is 1. The Labute approximate surface area is 145 Å². The van der Waals surface area contributed by atoms with Crippen LogP contribution < -0.4 is 10.6 Å². The maximum atomic E-state index is 11.9. The number of aromatic nitrogens is 4. The van der Waals surface area contributed by atoms with Crippen LogP contribution >= 0.6 is 0 Å². The minimum Gasteiger partial charge on any atom is -0.460 e. The molecule has 8 nitrogen and oxygen atoms in total. The first kappa shape index (κ1) is 15.1. The Kier molecular flexibility index (Phi) is 3.41. The van der Waals surface area contributed by atoms with Gasteiger partial charge in [0.05, 0.1) is 19.3 Å². The molecule has 0 bridgehead atoms. The fourth-order valence-electron chi connectivity index (χ4n) is 4.20. The number of imidazole rings is 1. The highest BCUT2D eigenvalue weighted by Crippen LogP contribution is 2.43. The Morgan fingerprint density at radius 2 is 2.12 bits per heavy atom. The Morgan fingerprint density at radius 1 is 1.28 bits per heavy atom. The third kappa shape index (κ3) is 2.55. The van der Waals surface area contributed by atoms with Gasteiger partial charge in [-0.25, -0.2) is 15.0 Å². The molecule has 2 saturated heterocycles. The third-order valence-corrected chi connectivity index (χ3v) is 5.81. The summed E-state index contributed by atoms with van der Waals surface area (Å²) in [6.45, 7) is 2.45. The molecule has 1 atom stereocenters. The number of piperidine rings is 1. The van der Waals surface area contributed by atoms with Crippen molar-refractivity contribution in [2.45, 2.75) is 44.2 Å². The van der Waals surface area contributed by atoms with Crippen LogP contribution in [0.15, 0.2) is 12.7 Å². The van der Waals surface area contributed by atoms with Gasteiger partial charge >= 0.3 is 5.97 Å². The van der Waals surface area contributed by atoms with E-state index in [0.29, 0.717) is 19.0 Å². The van der Waals surface area contributed by atoms with Crippen molar-refractivity contribution < 1.29 is 9.53 Å². The first-order valence-corrected chi connectivity index (χ1v) is 9.07. The van der Waals surface area contributed by atoms with E-state index in [1.807, 2.05) is 6.33 Å². The van der Waals surface area contributed by atoms with Crippen LogP contribution in [-0.4, -0.2) is 51.2 Å². The minimum absolute atomic E-state index is 0.0468. The molecule has 132 valence electrons. The first-order chi connectivity index (χ1) is 12.3. The Bertz CT molecular complexity index is 809. The van der Waals surface area contributed by atoms with Crippen LogP contribution in [0, 0.1) is 5.41 Å². The molecule has 1 aliphatic carbocycles. The quantitative estimate of drug-likeness (QED) is 0.808. The normalized spacial score (nSPS) is 25.4. The number of hydrogen-bond donors (Lipinski definition) is 2. The molecule has 8 heteroatoms. The van der Waals surface area contributed by atoms with Crippen LogP contribution in [0.4, 0.5) is 5.82 Å². The average Bonchev–Trinajstić information content (AvgIpc) is 3.30. The third-order valence-electron chi connectivity index (χ3n) is 5.81. The van der Waals surface area contributed by atoms with Crippen molar-refractivity contribution in [1.82, 2.24) is 24.8 Å². The van der Waals surface area contributed by atoms with Gasteiger partial charge in [-0.1, -0.05) is 0 Å². The van der Waals surface area contributed by atoms with Crippen LogP contribution in [0.1, 0.15) is 38.1 Å². The van der Waals surface area contributed by atoms with Crippen molar-refractivity contribution >= 4 is 23.0 Å². The Morgan fingerprint density at radius 3 is 2.92 bits per heavy atom. The maximum Gasteiger partial charge on any atom is 0.306 e. The molecular weight excluding hydrogens is 320 g/mol. The molecule has 2 aromatic rings. The first-order valence-electron chi connectivity index (χ1n) is 9.07. The lowest BCUT2D eigenvalue weighted by atomic mass is 9.73. The number of fused-ring (bicyclic) bond motifs is 1. The van der Waals surface area contributed by atoms with E-state index < -0.39 is 0 Å². The maximum absolute atomic E-state index is 11.9. The standard InChI is InChI=1S/C17H22N6O2/c24-13-7-17(3-5-18-6-4-17)12(25-13)8-19-15-14-16(21-9-20-15)23(10-22-14)11-1-2-11/h9-12,18H,1-8H2,(H,19,20,21). The average molecular weight is 342 g/mol. The second-order valence-corrected chi connectivity index (χ2v) is 7.43. The van der Waals surface area contributed by atoms with Crippen LogP contribution in [0.5, 0.6) is 0 Å². The van der Waals surface area contributed by atoms with Gasteiger partial charge in [0.1, 0.15) is 17.9 Å². The lowest BCUT2D eigenvalue weighted by Crippen LogP contribution is -2.44. The van der Waals surface area contributed by atoms with E-state index in [9.17, 15) is 4.79 Å². The topological polar surface area (TPSA) is 94.0 Å². The van der Waals surface area contributed by atoms with Gasteiger partial charge in [0.25, 0.3) is 0 Å². The van der Waals surface area contributed by atoms with Crippen molar-refractivity contribution in [3.63, 3.8) is 0 Å².